The van der Waals surface area contributed by atoms with Crippen LogP contribution in [0.1, 0.15) is 5.56 Å². The van der Waals surface area contributed by atoms with Crippen LogP contribution in [0.3, 0.4) is 0 Å². The van der Waals surface area contributed by atoms with Crippen LogP contribution in [0, 0.1) is 0 Å². The molecule has 1 aromatic carbocycles. The van der Waals surface area contributed by atoms with Crippen LogP contribution in [0.4, 0.5) is 0 Å². The molecular formula is C7H7BrO2. The Morgan fingerprint density at radius 2 is 2.10 bits per heavy atom. The molecule has 10 heavy (non-hydrogen) atoms. The van der Waals surface area contributed by atoms with Crippen LogP contribution in [0.2, 0.25) is 0 Å². The third kappa shape index (κ3) is 1.49. The zero-order valence-electron chi connectivity index (χ0n) is 5.21. The molecular weight excluding hydrogens is 196 g/mol. The van der Waals surface area contributed by atoms with Gasteiger partial charge in [-0.3, -0.25) is 0 Å². The van der Waals surface area contributed by atoms with Crippen LogP contribution < -0.4 is 0 Å². The van der Waals surface area contributed by atoms with Crippen molar-refractivity contribution in [2.75, 3.05) is 0 Å². The van der Waals surface area contributed by atoms with Gasteiger partial charge in [0.25, 0.3) is 0 Å². The number of halogens is 1. The van der Waals surface area contributed by atoms with Gasteiger partial charge in [0.2, 0.25) is 0 Å². The SMILES string of the molecule is OCc1ccc(Br)c(O)c1. The van der Waals surface area contributed by atoms with E-state index in [1.807, 2.05) is 0 Å². The molecule has 0 fully saturated rings. The Bertz CT molecular complexity index is 235. The van der Waals surface area contributed by atoms with Gasteiger partial charge in [0, 0.05) is 0 Å². The van der Waals surface area contributed by atoms with Gasteiger partial charge in [0.15, 0.2) is 0 Å². The quantitative estimate of drug-likeness (QED) is 0.728. The van der Waals surface area contributed by atoms with E-state index in [0.29, 0.717) is 10.0 Å². The molecule has 0 heterocycles. The lowest BCUT2D eigenvalue weighted by Gasteiger charge is -1.98. The van der Waals surface area contributed by atoms with E-state index in [9.17, 15) is 0 Å². The van der Waals surface area contributed by atoms with Crippen molar-refractivity contribution in [3.05, 3.63) is 28.2 Å². The van der Waals surface area contributed by atoms with Gasteiger partial charge < -0.3 is 10.2 Å². The highest BCUT2D eigenvalue weighted by Gasteiger charge is 1.96. The van der Waals surface area contributed by atoms with E-state index in [2.05, 4.69) is 15.9 Å². The molecule has 2 N–H and O–H groups in total. The minimum Gasteiger partial charge on any atom is -0.507 e. The number of aliphatic hydroxyl groups excluding tert-OH is 1. The number of aromatic hydroxyl groups is 1. The van der Waals surface area contributed by atoms with Gasteiger partial charge in [-0.05, 0) is 33.6 Å². The Kier molecular flexibility index (Phi) is 2.29. The number of hydrogen-bond acceptors (Lipinski definition) is 2. The Labute approximate surface area is 67.3 Å². The van der Waals surface area contributed by atoms with Crippen molar-refractivity contribution >= 4 is 15.9 Å². The summed E-state index contributed by atoms with van der Waals surface area (Å²) in [5.41, 5.74) is 0.709. The fourth-order valence-electron chi connectivity index (χ4n) is 0.657. The fraction of sp³-hybridized carbons (Fsp3) is 0.143. The number of aliphatic hydroxyl groups is 1. The van der Waals surface area contributed by atoms with Crippen LogP contribution in [0.15, 0.2) is 22.7 Å². The third-order valence-electron chi connectivity index (χ3n) is 1.19. The summed E-state index contributed by atoms with van der Waals surface area (Å²) < 4.78 is 0.643. The molecule has 0 aliphatic heterocycles. The molecule has 1 rings (SSSR count). The molecule has 0 radical (unpaired) electrons. The first kappa shape index (κ1) is 7.57. The number of benzene rings is 1. The second-order valence-electron chi connectivity index (χ2n) is 1.94. The average molecular weight is 203 g/mol. The van der Waals surface area contributed by atoms with Crippen molar-refractivity contribution in [3.8, 4) is 5.75 Å². The summed E-state index contributed by atoms with van der Waals surface area (Å²) >= 11 is 3.13. The second-order valence-corrected chi connectivity index (χ2v) is 2.80. The number of phenols is 1. The van der Waals surface area contributed by atoms with Crippen LogP contribution in [-0.4, -0.2) is 10.2 Å². The van der Waals surface area contributed by atoms with Crippen LogP contribution in [0.25, 0.3) is 0 Å². The third-order valence-corrected chi connectivity index (χ3v) is 1.86. The minimum absolute atomic E-state index is 0.0408. The van der Waals surface area contributed by atoms with Crippen molar-refractivity contribution in [1.82, 2.24) is 0 Å². The molecule has 54 valence electrons. The summed E-state index contributed by atoms with van der Waals surface area (Å²) in [7, 11) is 0. The van der Waals surface area contributed by atoms with Crippen molar-refractivity contribution < 1.29 is 10.2 Å². The van der Waals surface area contributed by atoms with Crippen molar-refractivity contribution in [3.63, 3.8) is 0 Å². The van der Waals surface area contributed by atoms with Gasteiger partial charge in [0.1, 0.15) is 5.75 Å². The lowest BCUT2D eigenvalue weighted by molar-refractivity contribution is 0.281. The van der Waals surface area contributed by atoms with Gasteiger partial charge >= 0.3 is 0 Å². The van der Waals surface area contributed by atoms with E-state index >= 15 is 0 Å². The van der Waals surface area contributed by atoms with Crippen molar-refractivity contribution in [2.45, 2.75) is 6.61 Å². The van der Waals surface area contributed by atoms with E-state index in [1.165, 1.54) is 6.07 Å². The van der Waals surface area contributed by atoms with E-state index in [1.54, 1.807) is 12.1 Å². The summed E-state index contributed by atoms with van der Waals surface area (Å²) in [5, 5.41) is 17.7. The predicted molar refractivity (Wildman–Crippen MR) is 41.7 cm³/mol. The first-order valence-corrected chi connectivity index (χ1v) is 3.61. The second kappa shape index (κ2) is 3.03. The van der Waals surface area contributed by atoms with E-state index in [4.69, 9.17) is 10.2 Å². The highest BCUT2D eigenvalue weighted by molar-refractivity contribution is 9.10. The van der Waals surface area contributed by atoms with E-state index in [-0.39, 0.29) is 12.4 Å². The molecule has 0 saturated heterocycles. The molecule has 0 bridgehead atoms. The number of phenolic OH excluding ortho intramolecular Hbond substituents is 1. The van der Waals surface area contributed by atoms with Gasteiger partial charge in [-0.15, -0.1) is 0 Å². The summed E-state index contributed by atoms with van der Waals surface area (Å²) in [5.74, 6) is 0.159. The first-order chi connectivity index (χ1) is 4.74. The molecule has 3 heteroatoms. The minimum atomic E-state index is -0.0408. The smallest absolute Gasteiger partial charge is 0.130 e. The summed E-state index contributed by atoms with van der Waals surface area (Å²) in [6.07, 6.45) is 0. The molecule has 0 spiro atoms. The van der Waals surface area contributed by atoms with E-state index < -0.39 is 0 Å². The van der Waals surface area contributed by atoms with Gasteiger partial charge in [-0.25, -0.2) is 0 Å². The van der Waals surface area contributed by atoms with Crippen LogP contribution in [0.5, 0.6) is 5.75 Å². The Balaban J connectivity index is 3.04. The summed E-state index contributed by atoms with van der Waals surface area (Å²) in [6, 6.07) is 4.95. The molecule has 0 saturated carbocycles. The van der Waals surface area contributed by atoms with Gasteiger partial charge in [0.05, 0.1) is 11.1 Å². The summed E-state index contributed by atoms with van der Waals surface area (Å²) in [6.45, 7) is -0.0408. The number of rotatable bonds is 1. The average Bonchev–Trinajstić information content (AvgIpc) is 1.95. The van der Waals surface area contributed by atoms with Crippen LogP contribution in [-0.2, 0) is 6.61 Å². The molecule has 0 aliphatic carbocycles. The zero-order chi connectivity index (χ0) is 7.56. The molecule has 1 aromatic rings. The topological polar surface area (TPSA) is 40.5 Å². The van der Waals surface area contributed by atoms with Crippen molar-refractivity contribution in [2.24, 2.45) is 0 Å². The first-order valence-electron chi connectivity index (χ1n) is 2.82. The van der Waals surface area contributed by atoms with Gasteiger partial charge in [-0.2, -0.15) is 0 Å². The monoisotopic (exact) mass is 202 g/mol. The largest absolute Gasteiger partial charge is 0.507 e. The predicted octanol–water partition coefficient (Wildman–Crippen LogP) is 1.65. The maximum Gasteiger partial charge on any atom is 0.130 e. The van der Waals surface area contributed by atoms with Crippen molar-refractivity contribution in [1.29, 1.82) is 0 Å². The Morgan fingerprint density at radius 1 is 1.40 bits per heavy atom. The lowest BCUT2D eigenvalue weighted by Crippen LogP contribution is -1.81. The lowest BCUT2D eigenvalue weighted by atomic mass is 10.2. The molecule has 0 aliphatic rings. The number of hydrogen-bond donors (Lipinski definition) is 2. The highest BCUT2D eigenvalue weighted by Crippen LogP contribution is 2.23. The maximum absolute atomic E-state index is 9.07. The Hall–Kier alpha value is -0.540. The molecule has 0 aromatic heterocycles. The Morgan fingerprint density at radius 3 is 2.60 bits per heavy atom. The van der Waals surface area contributed by atoms with E-state index in [0.717, 1.165) is 0 Å². The maximum atomic E-state index is 9.07. The van der Waals surface area contributed by atoms with Gasteiger partial charge in [-0.1, -0.05) is 6.07 Å². The standard InChI is InChI=1S/C7H7BrO2/c8-6-2-1-5(4-9)3-7(6)10/h1-3,9-10H,4H2. The zero-order valence-corrected chi connectivity index (χ0v) is 6.80. The molecule has 2 nitrogen and oxygen atoms in total. The molecule has 0 atom stereocenters. The fourth-order valence-corrected chi connectivity index (χ4v) is 0.903. The highest BCUT2D eigenvalue weighted by atomic mass is 79.9. The summed E-state index contributed by atoms with van der Waals surface area (Å²) in [4.78, 5) is 0. The molecule has 0 unspecified atom stereocenters. The van der Waals surface area contributed by atoms with Crippen LogP contribution >= 0.6 is 15.9 Å². The molecule has 0 amide bonds. The normalized spacial score (nSPS) is 9.80.